The molecule has 17 heteroatoms. The number of benzene rings is 2. The van der Waals surface area contributed by atoms with Crippen molar-refractivity contribution in [3.8, 4) is 28.5 Å². The van der Waals surface area contributed by atoms with Gasteiger partial charge in [-0.15, -0.1) is 11.3 Å². The Kier molecular flexibility index (Phi) is 8.62. The van der Waals surface area contributed by atoms with E-state index in [0.717, 1.165) is 28.4 Å². The van der Waals surface area contributed by atoms with Gasteiger partial charge in [0.1, 0.15) is 22.7 Å². The van der Waals surface area contributed by atoms with Crippen LogP contribution < -0.4 is 15.5 Å². The molecule has 7 rings (SSSR count). The van der Waals surface area contributed by atoms with Gasteiger partial charge >= 0.3 is 6.18 Å². The fourth-order valence-corrected chi connectivity index (χ4v) is 6.86. The minimum Gasteiger partial charge on any atom is -0.369 e. The Hall–Kier alpha value is -6.33. The van der Waals surface area contributed by atoms with Crippen LogP contribution in [0.2, 0.25) is 0 Å². The number of aromatic nitrogens is 3. The van der Waals surface area contributed by atoms with Crippen LogP contribution in [0.25, 0.3) is 10.6 Å². The van der Waals surface area contributed by atoms with E-state index in [1.54, 1.807) is 37.4 Å². The van der Waals surface area contributed by atoms with E-state index >= 15 is 0 Å². The highest BCUT2D eigenvalue weighted by Crippen LogP contribution is 2.38. The van der Waals surface area contributed by atoms with Crippen molar-refractivity contribution in [3.63, 3.8) is 0 Å². The zero-order valence-electron chi connectivity index (χ0n) is 27.9. The summed E-state index contributed by atoms with van der Waals surface area (Å²) in [7, 11) is 0. The first-order valence-corrected chi connectivity index (χ1v) is 17.1. The van der Waals surface area contributed by atoms with Gasteiger partial charge in [-0.05, 0) is 56.7 Å². The summed E-state index contributed by atoms with van der Waals surface area (Å²) in [5.41, 5.74) is -0.777. The Morgan fingerprint density at radius 2 is 1.79 bits per heavy atom. The molecule has 1 unspecified atom stereocenters. The van der Waals surface area contributed by atoms with Crippen molar-refractivity contribution in [2.45, 2.75) is 44.4 Å². The number of carbonyl (C=O) groups is 5. The maximum Gasteiger partial charge on any atom is 0.416 e. The largest absolute Gasteiger partial charge is 0.416 e. The van der Waals surface area contributed by atoms with E-state index < -0.39 is 52.9 Å². The molecule has 0 aliphatic carbocycles. The summed E-state index contributed by atoms with van der Waals surface area (Å²) in [4.78, 5) is 70.7. The van der Waals surface area contributed by atoms with Crippen LogP contribution in [-0.2, 0) is 26.1 Å². The summed E-state index contributed by atoms with van der Waals surface area (Å²) in [6, 6.07) is 8.75. The van der Waals surface area contributed by atoms with E-state index in [0.29, 0.717) is 23.8 Å². The lowest BCUT2D eigenvalue weighted by Crippen LogP contribution is -2.54. The zero-order valence-corrected chi connectivity index (χ0v) is 28.8. The summed E-state index contributed by atoms with van der Waals surface area (Å²) < 4.78 is 41.7. The molecule has 268 valence electrons. The third-order valence-electron chi connectivity index (χ3n) is 9.29. The van der Waals surface area contributed by atoms with Gasteiger partial charge in [0.15, 0.2) is 5.69 Å². The number of anilines is 2. The van der Waals surface area contributed by atoms with E-state index in [-0.39, 0.29) is 52.4 Å². The summed E-state index contributed by atoms with van der Waals surface area (Å²) in [5.74, 6) is 3.03. The fraction of sp³-hybridized carbons (Fsp3) is 0.278. The number of nitrogens with one attached hydrogen (secondary N) is 2. The average molecular weight is 741 g/mol. The molecule has 2 fully saturated rings. The number of nitrogens with zero attached hydrogens (tertiary/aromatic N) is 6. The van der Waals surface area contributed by atoms with Crippen LogP contribution in [0.1, 0.15) is 64.2 Å². The van der Waals surface area contributed by atoms with Crippen LogP contribution in [0.4, 0.5) is 24.5 Å². The van der Waals surface area contributed by atoms with Crippen LogP contribution in [-0.4, -0.2) is 68.3 Å². The molecule has 53 heavy (non-hydrogen) atoms. The smallest absolute Gasteiger partial charge is 0.369 e. The number of thiazole rings is 1. The number of rotatable bonds is 6. The van der Waals surface area contributed by atoms with Gasteiger partial charge in [0.05, 0.1) is 33.9 Å². The van der Waals surface area contributed by atoms with Crippen molar-refractivity contribution in [1.82, 2.24) is 25.0 Å². The Bertz CT molecular complexity index is 2330. The molecular formula is C36H27F3N8O5S. The highest BCUT2D eigenvalue weighted by molar-refractivity contribution is 7.13. The molecule has 2 N–H and O–H groups in total. The number of amides is 5. The monoisotopic (exact) mass is 740 g/mol. The summed E-state index contributed by atoms with van der Waals surface area (Å²) in [6.07, 6.45) is -1.60. The Morgan fingerprint density at radius 3 is 2.47 bits per heavy atom. The molecule has 1 atom stereocenters. The molecule has 0 bridgehead atoms. The zero-order chi connectivity index (χ0) is 37.8. The van der Waals surface area contributed by atoms with Gasteiger partial charge in [-0.3, -0.25) is 38.9 Å². The van der Waals surface area contributed by atoms with Crippen LogP contribution >= 0.6 is 11.3 Å². The molecule has 2 aromatic heterocycles. The van der Waals surface area contributed by atoms with Crippen molar-refractivity contribution in [1.29, 1.82) is 5.26 Å². The first-order chi connectivity index (χ1) is 25.1. The molecule has 0 saturated carbocycles. The highest BCUT2D eigenvalue weighted by atomic mass is 32.1. The van der Waals surface area contributed by atoms with Gasteiger partial charge in [-0.1, -0.05) is 11.8 Å². The second-order valence-electron chi connectivity index (χ2n) is 13.1. The molecule has 13 nitrogen and oxygen atoms in total. The van der Waals surface area contributed by atoms with E-state index in [4.69, 9.17) is 0 Å². The minimum absolute atomic E-state index is 0.0186. The SMILES string of the molecule is CC(C)(C(=O)Nc1ccc(C(F)(F)F)cc1-c1nccs1)n1cc(C#CC2CN(c3ccc4c(c3)C(=O)N(C3CCC(=O)NC3=O)C4=O)C2)c(C#N)n1. The third kappa shape index (κ3) is 6.40. The van der Waals surface area contributed by atoms with E-state index in [9.17, 15) is 42.4 Å². The lowest BCUT2D eigenvalue weighted by atomic mass is 9.98. The van der Waals surface area contributed by atoms with Crippen molar-refractivity contribution < 1.29 is 37.1 Å². The molecule has 0 spiro atoms. The Labute approximate surface area is 303 Å². The number of nitriles is 1. The van der Waals surface area contributed by atoms with Crippen LogP contribution in [0.3, 0.4) is 0 Å². The van der Waals surface area contributed by atoms with Gasteiger partial charge in [-0.25, -0.2) is 4.98 Å². The fourth-order valence-electron chi connectivity index (χ4n) is 6.19. The van der Waals surface area contributed by atoms with Crippen LogP contribution in [0.15, 0.2) is 54.2 Å². The average Bonchev–Trinajstić information content (AvgIpc) is 3.83. The molecule has 5 heterocycles. The molecule has 0 radical (unpaired) electrons. The van der Waals surface area contributed by atoms with Gasteiger partial charge in [-0.2, -0.15) is 23.5 Å². The van der Waals surface area contributed by atoms with Crippen LogP contribution in [0, 0.1) is 29.1 Å². The predicted octanol–water partition coefficient (Wildman–Crippen LogP) is 4.16. The number of piperidine rings is 1. The standard InChI is InChI=1S/C36H27F3N8O5S/c1-35(2,34(52)42-26-8-5-21(36(37,38)39)13-25(26)31-41-11-12-53-31)46-18-20(27(15-40)44-46)4-3-19-16-45(17-19)22-6-7-23-24(14-22)33(51)47(32(23)50)28-9-10-29(48)43-30(28)49/h5-8,11-14,18-19,28H,9-10,16-17H2,1-2H3,(H,42,52)(H,43,48,49). The highest BCUT2D eigenvalue weighted by Gasteiger charge is 2.45. The van der Waals surface area contributed by atoms with Crippen molar-refractivity contribution >= 4 is 52.2 Å². The Balaban J connectivity index is 1.03. The predicted molar refractivity (Wildman–Crippen MR) is 183 cm³/mol. The maximum absolute atomic E-state index is 13.6. The number of hydrogen-bond donors (Lipinski definition) is 2. The lowest BCUT2D eigenvalue weighted by molar-refractivity contribution is -0.138. The summed E-state index contributed by atoms with van der Waals surface area (Å²) in [5, 5.41) is 20.8. The summed E-state index contributed by atoms with van der Waals surface area (Å²) >= 11 is 1.12. The number of alkyl halides is 3. The number of carbonyl (C=O) groups excluding carboxylic acids is 5. The Morgan fingerprint density at radius 1 is 1.04 bits per heavy atom. The molecule has 2 saturated heterocycles. The van der Waals surface area contributed by atoms with Gasteiger partial charge in [0.25, 0.3) is 17.7 Å². The van der Waals surface area contributed by atoms with Crippen molar-refractivity contribution in [2.75, 3.05) is 23.3 Å². The molecule has 3 aliphatic heterocycles. The van der Waals surface area contributed by atoms with Gasteiger partial charge < -0.3 is 10.2 Å². The summed E-state index contributed by atoms with van der Waals surface area (Å²) in [6.45, 7) is 4.04. The number of hydrogen-bond acceptors (Lipinski definition) is 10. The molecule has 2 aromatic carbocycles. The van der Waals surface area contributed by atoms with E-state index in [1.165, 1.54) is 23.1 Å². The first-order valence-electron chi connectivity index (χ1n) is 16.2. The van der Waals surface area contributed by atoms with Gasteiger partial charge in [0, 0.05) is 48.5 Å². The molecular weight excluding hydrogens is 714 g/mol. The lowest BCUT2D eigenvalue weighted by Gasteiger charge is -2.38. The number of halogens is 3. The molecule has 3 aliphatic rings. The van der Waals surface area contributed by atoms with Crippen molar-refractivity contribution in [3.05, 3.63) is 82.1 Å². The van der Waals surface area contributed by atoms with Crippen LogP contribution in [0.5, 0.6) is 0 Å². The topological polar surface area (TPSA) is 170 Å². The van der Waals surface area contributed by atoms with E-state index in [2.05, 4.69) is 32.6 Å². The minimum atomic E-state index is -4.60. The normalized spacial score (nSPS) is 17.5. The second kappa shape index (κ2) is 13.0. The maximum atomic E-state index is 13.6. The molecule has 4 aromatic rings. The molecule has 5 amide bonds. The second-order valence-corrected chi connectivity index (χ2v) is 14.0. The van der Waals surface area contributed by atoms with E-state index in [1.807, 2.05) is 11.0 Å². The number of fused-ring (bicyclic) bond motifs is 1. The first kappa shape index (κ1) is 35.1. The number of imide groups is 2. The van der Waals surface area contributed by atoms with Gasteiger partial charge in [0.2, 0.25) is 11.8 Å². The third-order valence-corrected chi connectivity index (χ3v) is 10.1. The quantitative estimate of drug-likeness (QED) is 0.218. The van der Waals surface area contributed by atoms with Crippen molar-refractivity contribution in [2.24, 2.45) is 5.92 Å².